The van der Waals surface area contributed by atoms with Crippen LogP contribution in [0.3, 0.4) is 0 Å². The first-order chi connectivity index (χ1) is 23.5. The molecular weight excluding hydrogens is 602 g/mol. The first-order valence-corrected chi connectivity index (χ1v) is 17.0. The normalized spacial score (nSPS) is 19.8. The van der Waals surface area contributed by atoms with Crippen LogP contribution in [0.1, 0.15) is 47.2 Å². The van der Waals surface area contributed by atoms with Crippen LogP contribution in [0.4, 0.5) is 10.6 Å². The average Bonchev–Trinajstić information content (AvgIpc) is 3.71. The van der Waals surface area contributed by atoms with E-state index in [9.17, 15) is 10.1 Å². The van der Waals surface area contributed by atoms with E-state index in [0.29, 0.717) is 51.4 Å². The van der Waals surface area contributed by atoms with Crippen LogP contribution in [0.5, 0.6) is 6.01 Å². The molecule has 3 aliphatic rings. The van der Waals surface area contributed by atoms with E-state index in [2.05, 4.69) is 71.1 Å². The maximum atomic E-state index is 13.2. The summed E-state index contributed by atoms with van der Waals surface area (Å²) in [7, 11) is 2.14. The molecule has 248 valence electrons. The molecule has 10 nitrogen and oxygen atoms in total. The summed E-state index contributed by atoms with van der Waals surface area (Å²) < 4.78 is 12.0. The number of nitrogens with zero attached hydrogens (tertiary/aromatic N) is 7. The topological polar surface area (TPSA) is 98.1 Å². The summed E-state index contributed by atoms with van der Waals surface area (Å²) in [5.41, 5.74) is 5.57. The number of nitriles is 1. The summed E-state index contributed by atoms with van der Waals surface area (Å²) in [4.78, 5) is 31.9. The molecule has 4 heterocycles. The second-order valence-electron chi connectivity index (χ2n) is 13.3. The molecule has 10 heteroatoms. The van der Waals surface area contributed by atoms with Gasteiger partial charge in [-0.3, -0.25) is 4.90 Å². The Balaban J connectivity index is 1.13. The van der Waals surface area contributed by atoms with Gasteiger partial charge in [0.2, 0.25) is 0 Å². The van der Waals surface area contributed by atoms with E-state index < -0.39 is 6.09 Å². The Bertz CT molecular complexity index is 1800. The Morgan fingerprint density at radius 2 is 1.81 bits per heavy atom. The van der Waals surface area contributed by atoms with E-state index >= 15 is 0 Å². The quantitative estimate of drug-likeness (QED) is 0.228. The predicted octanol–water partition coefficient (Wildman–Crippen LogP) is 5.67. The molecule has 0 spiro atoms. The Morgan fingerprint density at radius 1 is 0.979 bits per heavy atom. The number of hydrogen-bond acceptors (Lipinski definition) is 9. The van der Waals surface area contributed by atoms with Crippen LogP contribution in [0, 0.1) is 18.3 Å². The molecule has 48 heavy (non-hydrogen) atoms. The van der Waals surface area contributed by atoms with Crippen molar-refractivity contribution in [2.45, 2.75) is 64.5 Å². The van der Waals surface area contributed by atoms with Gasteiger partial charge in [-0.05, 0) is 60.8 Å². The molecule has 2 fully saturated rings. The highest BCUT2D eigenvalue weighted by Crippen LogP contribution is 2.35. The Morgan fingerprint density at radius 3 is 2.60 bits per heavy atom. The van der Waals surface area contributed by atoms with Gasteiger partial charge in [-0.15, -0.1) is 0 Å². The van der Waals surface area contributed by atoms with Crippen LogP contribution in [-0.2, 0) is 31.0 Å². The Labute approximate surface area is 282 Å². The number of aromatic nitrogens is 2. The van der Waals surface area contributed by atoms with Crippen molar-refractivity contribution in [3.63, 3.8) is 0 Å². The highest BCUT2D eigenvalue weighted by Gasteiger charge is 2.36. The van der Waals surface area contributed by atoms with Crippen LogP contribution in [0.2, 0.25) is 0 Å². The van der Waals surface area contributed by atoms with Crippen molar-refractivity contribution in [3.8, 4) is 12.1 Å². The van der Waals surface area contributed by atoms with E-state index in [1.54, 1.807) is 4.90 Å². The lowest BCUT2D eigenvalue weighted by Gasteiger charge is -2.41. The average molecular weight is 646 g/mol. The van der Waals surface area contributed by atoms with Gasteiger partial charge in [0.15, 0.2) is 0 Å². The van der Waals surface area contributed by atoms with Gasteiger partial charge in [-0.2, -0.15) is 15.2 Å². The number of anilines is 1. The molecule has 0 radical (unpaired) electrons. The molecule has 3 aromatic carbocycles. The molecule has 7 rings (SSSR count). The number of carbonyl (C=O) groups is 1. The van der Waals surface area contributed by atoms with Gasteiger partial charge in [0.05, 0.1) is 24.2 Å². The molecule has 1 amide bonds. The third kappa shape index (κ3) is 6.80. The number of likely N-dealkylation sites (N-methyl/N-ethyl adjacent to an activating group) is 1. The van der Waals surface area contributed by atoms with Gasteiger partial charge in [-0.25, -0.2) is 4.79 Å². The monoisotopic (exact) mass is 645 g/mol. The number of benzene rings is 3. The van der Waals surface area contributed by atoms with Crippen molar-refractivity contribution >= 4 is 22.7 Å². The number of likely N-dealkylation sites (tertiary alicyclic amines) is 1. The molecular formula is C38H43N7O3. The van der Waals surface area contributed by atoms with Crippen molar-refractivity contribution < 1.29 is 14.3 Å². The molecule has 0 aliphatic carbocycles. The number of piperazine rings is 1. The third-order valence-corrected chi connectivity index (χ3v) is 10.0. The number of aryl methyl sites for hydroxylation is 1. The zero-order chi connectivity index (χ0) is 33.0. The van der Waals surface area contributed by atoms with Gasteiger partial charge >= 0.3 is 12.1 Å². The van der Waals surface area contributed by atoms with Crippen LogP contribution in [0.25, 0.3) is 10.8 Å². The third-order valence-electron chi connectivity index (χ3n) is 10.0. The predicted molar refractivity (Wildman–Crippen MR) is 184 cm³/mol. The number of ether oxygens (including phenoxy) is 2. The standard InChI is InChI=1S/C38H43N7O3/c1-27-9-6-12-29-13-7-14-30(35(27)29)21-43-23-33-34(24-43)40-37(47-26-32-15-8-18-42(32)2)41-36(33)44-19-20-45(31(22-44)16-17-39)38(46)48-25-28-10-4-3-5-11-28/h3-7,9-14,31-32H,8,15-16,18-26H2,1-2H3/t31-,32-/m0/s1. The SMILES string of the molecule is Cc1cccc2cccc(CN3Cc4nc(OC[C@@H]5CCCN5C)nc(N5CCN(C(=O)OCc6ccccc6)[C@@H](CC#N)C5)c4C3)c12. The lowest BCUT2D eigenvalue weighted by Crippen LogP contribution is -2.55. The summed E-state index contributed by atoms with van der Waals surface area (Å²) in [5, 5.41) is 12.3. The van der Waals surface area contributed by atoms with Gasteiger partial charge in [0, 0.05) is 50.9 Å². The largest absolute Gasteiger partial charge is 0.462 e. The molecule has 4 aromatic rings. The zero-order valence-corrected chi connectivity index (χ0v) is 27.8. The van der Waals surface area contributed by atoms with E-state index in [1.807, 2.05) is 30.3 Å². The highest BCUT2D eigenvalue weighted by molar-refractivity contribution is 5.88. The van der Waals surface area contributed by atoms with Crippen LogP contribution in [-0.4, -0.2) is 82.7 Å². The molecule has 0 saturated carbocycles. The second kappa shape index (κ2) is 14.2. The fourth-order valence-electron chi connectivity index (χ4n) is 7.44. The minimum absolute atomic E-state index is 0.196. The van der Waals surface area contributed by atoms with Crippen LogP contribution < -0.4 is 9.64 Å². The van der Waals surface area contributed by atoms with Crippen LogP contribution in [0.15, 0.2) is 66.7 Å². The van der Waals surface area contributed by atoms with E-state index in [-0.39, 0.29) is 19.1 Å². The van der Waals surface area contributed by atoms with Crippen molar-refractivity contribution in [2.75, 3.05) is 44.7 Å². The lowest BCUT2D eigenvalue weighted by atomic mass is 10.00. The number of rotatable bonds is 9. The molecule has 0 unspecified atom stereocenters. The van der Waals surface area contributed by atoms with Gasteiger partial charge < -0.3 is 24.2 Å². The summed E-state index contributed by atoms with van der Waals surface area (Å²) in [6.07, 6.45) is 2.08. The smallest absolute Gasteiger partial charge is 0.410 e. The summed E-state index contributed by atoms with van der Waals surface area (Å²) in [6.45, 7) is 7.66. The molecule has 0 N–H and O–H groups in total. The van der Waals surface area contributed by atoms with Gasteiger partial charge in [0.1, 0.15) is 19.0 Å². The fraction of sp³-hybridized carbons (Fsp3) is 0.421. The number of fused-ring (bicyclic) bond motifs is 2. The van der Waals surface area contributed by atoms with Crippen molar-refractivity contribution in [3.05, 3.63) is 94.7 Å². The maximum Gasteiger partial charge on any atom is 0.410 e. The summed E-state index contributed by atoms with van der Waals surface area (Å²) >= 11 is 0. The van der Waals surface area contributed by atoms with E-state index in [4.69, 9.17) is 19.4 Å². The fourth-order valence-corrected chi connectivity index (χ4v) is 7.44. The molecule has 3 aliphatic heterocycles. The van der Waals surface area contributed by atoms with Crippen molar-refractivity contribution in [1.29, 1.82) is 5.26 Å². The van der Waals surface area contributed by atoms with Crippen molar-refractivity contribution in [1.82, 2.24) is 24.7 Å². The first-order valence-electron chi connectivity index (χ1n) is 17.0. The summed E-state index contributed by atoms with van der Waals surface area (Å²) in [5.74, 6) is 0.839. The Kier molecular flexibility index (Phi) is 9.41. The highest BCUT2D eigenvalue weighted by atomic mass is 16.6. The molecule has 2 atom stereocenters. The number of amides is 1. The summed E-state index contributed by atoms with van der Waals surface area (Å²) in [6, 6.07) is 25.4. The number of carbonyl (C=O) groups excluding carboxylic acids is 1. The second-order valence-corrected chi connectivity index (χ2v) is 13.3. The zero-order valence-electron chi connectivity index (χ0n) is 27.8. The maximum absolute atomic E-state index is 13.2. The van der Waals surface area contributed by atoms with Crippen molar-refractivity contribution in [2.24, 2.45) is 0 Å². The first kappa shape index (κ1) is 31.9. The van der Waals surface area contributed by atoms with Crippen LogP contribution >= 0.6 is 0 Å². The molecule has 1 aromatic heterocycles. The van der Waals surface area contributed by atoms with E-state index in [1.165, 1.54) is 28.3 Å². The van der Waals surface area contributed by atoms with E-state index in [0.717, 1.165) is 42.1 Å². The Hall–Kier alpha value is -4.72. The lowest BCUT2D eigenvalue weighted by molar-refractivity contribution is 0.0767. The minimum Gasteiger partial charge on any atom is -0.462 e. The molecule has 0 bridgehead atoms. The minimum atomic E-state index is -0.395. The number of hydrogen-bond donors (Lipinski definition) is 0. The molecule has 2 saturated heterocycles. The van der Waals surface area contributed by atoms with Gasteiger partial charge in [0.25, 0.3) is 0 Å². The van der Waals surface area contributed by atoms with Gasteiger partial charge in [-0.1, -0.05) is 66.7 Å².